The molecule has 0 aromatic rings. The molecule has 2 heteroatoms. The van der Waals surface area contributed by atoms with Crippen molar-refractivity contribution in [3.63, 3.8) is 0 Å². The van der Waals surface area contributed by atoms with Crippen molar-refractivity contribution in [3.8, 4) is 0 Å². The number of fused-ring (bicyclic) bond motifs is 5. The molecule has 122 valence electrons. The second kappa shape index (κ2) is 4.93. The summed E-state index contributed by atoms with van der Waals surface area (Å²) in [5, 5.41) is 10.6. The summed E-state index contributed by atoms with van der Waals surface area (Å²) in [5.74, 6) is 3.10. The number of hydrogen-bond acceptors (Lipinski definition) is 2. The average molecular weight is 302 g/mol. The van der Waals surface area contributed by atoms with Gasteiger partial charge in [0.25, 0.3) is 0 Å². The van der Waals surface area contributed by atoms with Crippen molar-refractivity contribution < 1.29 is 9.90 Å². The van der Waals surface area contributed by atoms with Gasteiger partial charge >= 0.3 is 0 Å². The fraction of sp³-hybridized carbons (Fsp3) is 0.850. The standard InChI is InChI=1S/C20H30O2/c1-3-20-11-9-16-15(17(20)6-7-18(20)22)5-4-13-12-14(21)8-10-19(13,16)2/h8,10,13,15-18,22H,3-7,9,11-12H2,1-2H3/t13?,15-,16+,17+,18+,19+,20+/m1/s1. The number of ketones is 1. The number of rotatable bonds is 1. The largest absolute Gasteiger partial charge is 0.393 e. The highest BCUT2D eigenvalue weighted by atomic mass is 16.3. The molecule has 0 amide bonds. The summed E-state index contributed by atoms with van der Waals surface area (Å²) >= 11 is 0. The highest BCUT2D eigenvalue weighted by molar-refractivity contribution is 5.91. The van der Waals surface area contributed by atoms with Gasteiger partial charge in [-0.2, -0.15) is 0 Å². The normalized spacial score (nSPS) is 53.8. The van der Waals surface area contributed by atoms with E-state index in [4.69, 9.17) is 0 Å². The Bertz CT molecular complexity index is 510. The van der Waals surface area contributed by atoms with Gasteiger partial charge in [-0.3, -0.25) is 4.79 Å². The Balaban J connectivity index is 1.68. The number of hydrogen-bond donors (Lipinski definition) is 1. The molecule has 0 aliphatic heterocycles. The summed E-state index contributed by atoms with van der Waals surface area (Å²) in [6, 6.07) is 0. The lowest BCUT2D eigenvalue weighted by Gasteiger charge is -2.59. The molecule has 0 radical (unpaired) electrons. The Kier molecular flexibility index (Phi) is 3.35. The topological polar surface area (TPSA) is 37.3 Å². The van der Waals surface area contributed by atoms with Crippen LogP contribution < -0.4 is 0 Å². The van der Waals surface area contributed by atoms with E-state index in [1.54, 1.807) is 0 Å². The van der Waals surface area contributed by atoms with Gasteiger partial charge in [0.15, 0.2) is 5.78 Å². The lowest BCUT2D eigenvalue weighted by Crippen LogP contribution is -2.53. The summed E-state index contributed by atoms with van der Waals surface area (Å²) < 4.78 is 0. The molecule has 1 N–H and O–H groups in total. The van der Waals surface area contributed by atoms with Crippen LogP contribution in [0.15, 0.2) is 12.2 Å². The molecule has 4 rings (SSSR count). The summed E-state index contributed by atoms with van der Waals surface area (Å²) in [6.07, 6.45) is 13.1. The van der Waals surface area contributed by atoms with Crippen molar-refractivity contribution in [1.82, 2.24) is 0 Å². The molecule has 3 fully saturated rings. The van der Waals surface area contributed by atoms with Crippen LogP contribution >= 0.6 is 0 Å². The minimum atomic E-state index is -0.0718. The van der Waals surface area contributed by atoms with E-state index in [1.807, 2.05) is 6.08 Å². The van der Waals surface area contributed by atoms with E-state index in [0.29, 0.717) is 11.7 Å². The Morgan fingerprint density at radius 1 is 1.18 bits per heavy atom. The van der Waals surface area contributed by atoms with Crippen molar-refractivity contribution in [3.05, 3.63) is 12.2 Å². The predicted octanol–water partition coefficient (Wildman–Crippen LogP) is 4.13. The molecular formula is C20H30O2. The second-order valence-electron chi connectivity index (χ2n) is 8.74. The van der Waals surface area contributed by atoms with Crippen LogP contribution in [0.4, 0.5) is 0 Å². The number of allylic oxidation sites excluding steroid dienone is 2. The van der Waals surface area contributed by atoms with Crippen molar-refractivity contribution in [2.45, 2.75) is 71.3 Å². The van der Waals surface area contributed by atoms with E-state index in [-0.39, 0.29) is 16.9 Å². The van der Waals surface area contributed by atoms with Gasteiger partial charge in [0, 0.05) is 6.42 Å². The molecule has 2 nitrogen and oxygen atoms in total. The first-order valence-electron chi connectivity index (χ1n) is 9.41. The van der Waals surface area contributed by atoms with Gasteiger partial charge in [-0.25, -0.2) is 0 Å². The zero-order valence-corrected chi connectivity index (χ0v) is 14.1. The SMILES string of the molecule is CC[C@]12CC[C@H]3[C@@H](CCC4CC(=O)C=C[C@@]43C)[C@@H]1CC[C@@H]2O. The molecule has 4 aliphatic carbocycles. The van der Waals surface area contributed by atoms with Crippen LogP contribution in [0.3, 0.4) is 0 Å². The molecule has 4 aliphatic rings. The van der Waals surface area contributed by atoms with E-state index >= 15 is 0 Å². The van der Waals surface area contributed by atoms with E-state index < -0.39 is 0 Å². The first kappa shape index (κ1) is 14.9. The summed E-state index contributed by atoms with van der Waals surface area (Å²) in [4.78, 5) is 11.8. The van der Waals surface area contributed by atoms with Crippen LogP contribution in [0.2, 0.25) is 0 Å². The van der Waals surface area contributed by atoms with E-state index in [1.165, 1.54) is 32.1 Å². The molecule has 0 bridgehead atoms. The summed E-state index contributed by atoms with van der Waals surface area (Å²) in [7, 11) is 0. The van der Waals surface area contributed by atoms with Gasteiger partial charge in [-0.05, 0) is 85.5 Å². The highest BCUT2D eigenvalue weighted by Gasteiger charge is 2.60. The molecule has 0 heterocycles. The minimum absolute atomic E-state index is 0.0718. The zero-order chi connectivity index (χ0) is 15.5. The van der Waals surface area contributed by atoms with Crippen LogP contribution in [0.25, 0.3) is 0 Å². The Morgan fingerprint density at radius 2 is 2.00 bits per heavy atom. The van der Waals surface area contributed by atoms with Crippen LogP contribution in [-0.4, -0.2) is 17.0 Å². The van der Waals surface area contributed by atoms with Crippen LogP contribution in [0.1, 0.15) is 65.2 Å². The van der Waals surface area contributed by atoms with Gasteiger partial charge in [0.05, 0.1) is 6.10 Å². The van der Waals surface area contributed by atoms with E-state index in [9.17, 15) is 9.90 Å². The van der Waals surface area contributed by atoms with Crippen LogP contribution in [0, 0.1) is 34.5 Å². The maximum Gasteiger partial charge on any atom is 0.155 e. The number of aliphatic hydroxyl groups excluding tert-OH is 1. The number of aliphatic hydroxyl groups is 1. The second-order valence-corrected chi connectivity index (χ2v) is 8.74. The zero-order valence-electron chi connectivity index (χ0n) is 14.1. The average Bonchev–Trinajstić information content (AvgIpc) is 2.86. The smallest absolute Gasteiger partial charge is 0.155 e. The Labute approximate surface area is 134 Å². The lowest BCUT2D eigenvalue weighted by atomic mass is 9.46. The Hall–Kier alpha value is -0.630. The third kappa shape index (κ3) is 1.79. The first-order valence-corrected chi connectivity index (χ1v) is 9.41. The molecule has 3 saturated carbocycles. The fourth-order valence-corrected chi connectivity index (χ4v) is 7.09. The monoisotopic (exact) mass is 302 g/mol. The lowest BCUT2D eigenvalue weighted by molar-refractivity contribution is -0.125. The molecule has 0 aromatic heterocycles. The predicted molar refractivity (Wildman–Crippen MR) is 87.3 cm³/mol. The van der Waals surface area contributed by atoms with E-state index in [2.05, 4.69) is 19.9 Å². The number of carbonyl (C=O) groups excluding carboxylic acids is 1. The quantitative estimate of drug-likeness (QED) is 0.791. The van der Waals surface area contributed by atoms with Crippen LogP contribution in [-0.2, 0) is 4.79 Å². The van der Waals surface area contributed by atoms with Crippen molar-refractivity contribution in [2.75, 3.05) is 0 Å². The summed E-state index contributed by atoms with van der Waals surface area (Å²) in [5.41, 5.74) is 0.433. The van der Waals surface area contributed by atoms with Gasteiger partial charge in [-0.15, -0.1) is 0 Å². The third-order valence-corrected chi connectivity index (χ3v) is 8.37. The molecule has 0 saturated heterocycles. The van der Waals surface area contributed by atoms with Crippen molar-refractivity contribution in [2.24, 2.45) is 34.5 Å². The van der Waals surface area contributed by atoms with Crippen molar-refractivity contribution >= 4 is 5.78 Å². The maximum atomic E-state index is 11.8. The van der Waals surface area contributed by atoms with Gasteiger partial charge in [0.2, 0.25) is 0 Å². The van der Waals surface area contributed by atoms with Gasteiger partial charge < -0.3 is 5.11 Å². The molecule has 1 unspecified atom stereocenters. The van der Waals surface area contributed by atoms with Gasteiger partial charge in [0.1, 0.15) is 0 Å². The third-order valence-electron chi connectivity index (χ3n) is 8.37. The maximum absolute atomic E-state index is 11.8. The molecule has 7 atom stereocenters. The van der Waals surface area contributed by atoms with E-state index in [0.717, 1.165) is 37.0 Å². The fourth-order valence-electron chi connectivity index (χ4n) is 7.09. The van der Waals surface area contributed by atoms with Crippen LogP contribution in [0.5, 0.6) is 0 Å². The Morgan fingerprint density at radius 3 is 2.77 bits per heavy atom. The highest BCUT2D eigenvalue weighted by Crippen LogP contribution is 2.65. The summed E-state index contributed by atoms with van der Waals surface area (Å²) in [6.45, 7) is 4.70. The molecular weight excluding hydrogens is 272 g/mol. The number of carbonyl (C=O) groups is 1. The van der Waals surface area contributed by atoms with Gasteiger partial charge in [-0.1, -0.05) is 19.9 Å². The van der Waals surface area contributed by atoms with Crippen molar-refractivity contribution in [1.29, 1.82) is 0 Å². The molecule has 0 spiro atoms. The minimum Gasteiger partial charge on any atom is -0.393 e. The molecule has 22 heavy (non-hydrogen) atoms. The first-order chi connectivity index (χ1) is 10.5. The molecule has 0 aromatic carbocycles.